The van der Waals surface area contributed by atoms with Crippen molar-refractivity contribution in [3.63, 3.8) is 0 Å². The second kappa shape index (κ2) is 8.16. The van der Waals surface area contributed by atoms with Crippen LogP contribution in [0.5, 0.6) is 0 Å². The normalized spacial score (nSPS) is 35.9. The van der Waals surface area contributed by atoms with E-state index in [2.05, 4.69) is 0 Å². The highest BCUT2D eigenvalue weighted by Gasteiger charge is 2.52. The molecule has 0 amide bonds. The van der Waals surface area contributed by atoms with Gasteiger partial charge in [0.15, 0.2) is 0 Å². The fourth-order valence-corrected chi connectivity index (χ4v) is 6.94. The second-order valence-corrected chi connectivity index (χ2v) is 9.73. The summed E-state index contributed by atoms with van der Waals surface area (Å²) in [6.45, 7) is 0.833. The summed E-state index contributed by atoms with van der Waals surface area (Å²) in [5.74, 6) is 1.94. The Morgan fingerprint density at radius 3 is 2.45 bits per heavy atom. The largest absolute Gasteiger partial charge is 0.462 e. The van der Waals surface area contributed by atoms with Crippen molar-refractivity contribution in [3.8, 4) is 0 Å². The Morgan fingerprint density at radius 1 is 1.07 bits per heavy atom. The van der Waals surface area contributed by atoms with Crippen LogP contribution in [0.1, 0.15) is 68.1 Å². The molecule has 1 aromatic carbocycles. The van der Waals surface area contributed by atoms with E-state index in [1.165, 1.54) is 44.8 Å². The van der Waals surface area contributed by atoms with Gasteiger partial charge < -0.3 is 9.47 Å². The van der Waals surface area contributed by atoms with E-state index < -0.39 is 0 Å². The van der Waals surface area contributed by atoms with Gasteiger partial charge in [-0.1, -0.05) is 81.1 Å². The molecule has 154 valence electrons. The minimum Gasteiger partial charge on any atom is -0.462 e. The van der Waals surface area contributed by atoms with Gasteiger partial charge in [0.05, 0.1) is 12.0 Å². The van der Waals surface area contributed by atoms with E-state index in [1.807, 2.05) is 18.2 Å². The van der Waals surface area contributed by atoms with Gasteiger partial charge in [-0.25, -0.2) is 4.79 Å². The van der Waals surface area contributed by atoms with Crippen LogP contribution in [0.4, 0.5) is 0 Å². The highest BCUT2D eigenvalue weighted by Crippen LogP contribution is 2.50. The molecule has 3 saturated heterocycles. The Hall–Kier alpha value is -1.78. The zero-order valence-corrected chi connectivity index (χ0v) is 17.1. The molecule has 4 atom stereocenters. The number of carbonyl (C=O) groups excluding carboxylic acids is 2. The Labute approximate surface area is 173 Å². The summed E-state index contributed by atoms with van der Waals surface area (Å²) in [6, 6.07) is 9.23. The van der Waals surface area contributed by atoms with Crippen molar-refractivity contribution in [1.82, 2.24) is 0 Å². The third-order valence-electron chi connectivity index (χ3n) is 8.27. The van der Waals surface area contributed by atoms with Gasteiger partial charge in [0, 0.05) is 18.3 Å². The number of ether oxygens (including phenoxy) is 2. The molecule has 5 heteroatoms. The van der Waals surface area contributed by atoms with Gasteiger partial charge in [-0.05, 0) is 12.1 Å². The maximum atomic E-state index is 12.7. The highest BCUT2D eigenvalue weighted by atomic mass is 16.6. The maximum absolute atomic E-state index is 12.7. The zero-order valence-electron chi connectivity index (χ0n) is 17.1. The van der Waals surface area contributed by atoms with E-state index >= 15 is 0 Å². The van der Waals surface area contributed by atoms with Crippen LogP contribution in [0.15, 0.2) is 30.3 Å². The standard InChI is InChI=1S/C24H31BO4/c26-23-14-20-19(12-13-25-17-8-4-9-18(25)11-5-10-17)21(15-22(20)28-23)29-24(27)16-6-2-1-3-7-16/h1-3,6-7,17-22H,4-5,8-15H2/t17?,18?,19-,20-,21-,22+/m1/s1. The Bertz CT molecular complexity index is 729. The summed E-state index contributed by atoms with van der Waals surface area (Å²) in [4.78, 5) is 24.6. The lowest BCUT2D eigenvalue weighted by Crippen LogP contribution is -2.36. The van der Waals surface area contributed by atoms with Gasteiger partial charge in [-0.2, -0.15) is 0 Å². The molecule has 0 spiro atoms. The van der Waals surface area contributed by atoms with Crippen molar-refractivity contribution in [1.29, 1.82) is 0 Å². The lowest BCUT2D eigenvalue weighted by Gasteiger charge is -2.41. The monoisotopic (exact) mass is 394 g/mol. The molecule has 4 nitrogen and oxygen atoms in total. The van der Waals surface area contributed by atoms with Crippen LogP contribution >= 0.6 is 0 Å². The molecule has 29 heavy (non-hydrogen) atoms. The number of esters is 2. The van der Waals surface area contributed by atoms with E-state index in [1.54, 1.807) is 12.1 Å². The number of rotatable bonds is 5. The van der Waals surface area contributed by atoms with E-state index in [9.17, 15) is 9.59 Å². The van der Waals surface area contributed by atoms with Crippen molar-refractivity contribution < 1.29 is 19.1 Å². The molecule has 1 saturated carbocycles. The van der Waals surface area contributed by atoms with Gasteiger partial charge in [-0.3, -0.25) is 4.79 Å². The van der Waals surface area contributed by atoms with Gasteiger partial charge in [0.2, 0.25) is 0 Å². The quantitative estimate of drug-likeness (QED) is 0.512. The van der Waals surface area contributed by atoms with Crippen molar-refractivity contribution in [2.45, 2.75) is 88.0 Å². The van der Waals surface area contributed by atoms with Crippen LogP contribution in [0.25, 0.3) is 0 Å². The molecule has 0 unspecified atom stereocenters. The fourth-order valence-electron chi connectivity index (χ4n) is 6.94. The van der Waals surface area contributed by atoms with E-state index in [4.69, 9.17) is 9.47 Å². The summed E-state index contributed by atoms with van der Waals surface area (Å²) < 4.78 is 11.6. The van der Waals surface area contributed by atoms with Crippen LogP contribution < -0.4 is 0 Å². The molecule has 1 aliphatic carbocycles. The number of benzene rings is 1. The molecule has 0 aromatic heterocycles. The van der Waals surface area contributed by atoms with E-state index in [0.29, 0.717) is 18.4 Å². The maximum Gasteiger partial charge on any atom is 0.338 e. The average molecular weight is 394 g/mol. The summed E-state index contributed by atoms with van der Waals surface area (Å²) in [5, 5.41) is 0. The molecule has 2 bridgehead atoms. The van der Waals surface area contributed by atoms with Crippen molar-refractivity contribution in [2.24, 2.45) is 11.8 Å². The molecule has 0 radical (unpaired) electrons. The smallest absolute Gasteiger partial charge is 0.338 e. The van der Waals surface area contributed by atoms with Crippen LogP contribution in [-0.2, 0) is 14.3 Å². The first-order valence-corrected chi connectivity index (χ1v) is 11.6. The minimum absolute atomic E-state index is 0.0630. The fraction of sp³-hybridized carbons (Fsp3) is 0.667. The third-order valence-corrected chi connectivity index (χ3v) is 8.27. The summed E-state index contributed by atoms with van der Waals surface area (Å²) in [7, 11) is 0. The predicted molar refractivity (Wildman–Crippen MR) is 112 cm³/mol. The molecular formula is C24H31BO4. The number of hydrogen-bond donors (Lipinski definition) is 0. The van der Waals surface area contributed by atoms with Crippen molar-refractivity contribution in [3.05, 3.63) is 35.9 Å². The van der Waals surface area contributed by atoms with Crippen LogP contribution in [-0.4, -0.2) is 30.9 Å². The molecule has 3 heterocycles. The molecule has 1 aromatic rings. The molecule has 4 fully saturated rings. The molecule has 3 aliphatic heterocycles. The van der Waals surface area contributed by atoms with Gasteiger partial charge in [0.25, 0.3) is 0 Å². The SMILES string of the molecule is O=C1C[C@@H]2[C@@H](CCB3C4CCCC3CCC4)[C@H](OC(=O)c3ccccc3)C[C@@H]2O1. The zero-order chi connectivity index (χ0) is 19.8. The third kappa shape index (κ3) is 3.85. The molecule has 5 rings (SSSR count). The van der Waals surface area contributed by atoms with Crippen LogP contribution in [0.3, 0.4) is 0 Å². The Balaban J connectivity index is 1.28. The summed E-state index contributed by atoms with van der Waals surface area (Å²) in [6.07, 6.45) is 11.6. The average Bonchev–Trinajstić information content (AvgIpc) is 3.22. The predicted octanol–water partition coefficient (Wildman–Crippen LogP) is 5.16. The van der Waals surface area contributed by atoms with Gasteiger partial charge in [0.1, 0.15) is 18.9 Å². The van der Waals surface area contributed by atoms with Crippen molar-refractivity contribution >= 4 is 18.7 Å². The summed E-state index contributed by atoms with van der Waals surface area (Å²) >= 11 is 0. The second-order valence-electron chi connectivity index (χ2n) is 9.73. The lowest BCUT2D eigenvalue weighted by atomic mass is 9.25. The summed E-state index contributed by atoms with van der Waals surface area (Å²) in [5.41, 5.74) is 0.599. The van der Waals surface area contributed by atoms with Crippen LogP contribution in [0.2, 0.25) is 18.0 Å². The number of carbonyl (C=O) groups is 2. The Morgan fingerprint density at radius 2 is 1.76 bits per heavy atom. The van der Waals surface area contributed by atoms with Gasteiger partial charge >= 0.3 is 11.9 Å². The lowest BCUT2D eigenvalue weighted by molar-refractivity contribution is -0.141. The highest BCUT2D eigenvalue weighted by molar-refractivity contribution is 6.62. The first-order chi connectivity index (χ1) is 14.2. The van der Waals surface area contributed by atoms with Crippen molar-refractivity contribution in [2.75, 3.05) is 0 Å². The first kappa shape index (κ1) is 19.2. The van der Waals surface area contributed by atoms with Crippen LogP contribution in [0, 0.1) is 11.8 Å². The number of fused-ring (bicyclic) bond motifs is 3. The van der Waals surface area contributed by atoms with Gasteiger partial charge in [-0.15, -0.1) is 0 Å². The minimum atomic E-state index is -0.249. The molecule has 4 aliphatic rings. The first-order valence-electron chi connectivity index (χ1n) is 11.6. The number of hydrogen-bond acceptors (Lipinski definition) is 4. The molecule has 0 N–H and O–H groups in total. The topological polar surface area (TPSA) is 52.6 Å². The Kier molecular flexibility index (Phi) is 5.40. The molecular weight excluding hydrogens is 363 g/mol. The van der Waals surface area contributed by atoms with E-state index in [0.717, 1.165) is 24.8 Å². The van der Waals surface area contributed by atoms with E-state index in [-0.39, 0.29) is 36.0 Å².